The first kappa shape index (κ1) is 21.7. The lowest BCUT2D eigenvalue weighted by molar-refractivity contribution is 0.0694. The first-order valence-corrected chi connectivity index (χ1v) is 10.7. The smallest absolute Gasteiger partial charge is 0.259 e. The Bertz CT molecular complexity index is 1020. The summed E-state index contributed by atoms with van der Waals surface area (Å²) in [5, 5.41) is 8.19. The number of pyridine rings is 1. The number of carbonyl (C=O) groups excluding carboxylic acids is 1. The molecule has 0 bridgehead atoms. The average molecular weight is 435 g/mol. The Morgan fingerprint density at radius 1 is 1.34 bits per heavy atom. The van der Waals surface area contributed by atoms with Crippen molar-refractivity contribution in [3.05, 3.63) is 33.1 Å². The maximum atomic E-state index is 13.7. The van der Waals surface area contributed by atoms with Gasteiger partial charge in [0.2, 0.25) is 0 Å². The minimum atomic E-state index is 0. The van der Waals surface area contributed by atoms with E-state index in [-0.39, 0.29) is 24.4 Å². The Morgan fingerprint density at radius 2 is 2.14 bits per heavy atom. The van der Waals surface area contributed by atoms with Gasteiger partial charge in [-0.05, 0) is 52.3 Å². The molecule has 3 aromatic rings. The van der Waals surface area contributed by atoms with Gasteiger partial charge in [-0.1, -0.05) is 12.1 Å². The van der Waals surface area contributed by atoms with Crippen molar-refractivity contribution >= 4 is 40.8 Å². The van der Waals surface area contributed by atoms with Crippen LogP contribution in [0.4, 0.5) is 0 Å². The van der Waals surface area contributed by atoms with Crippen molar-refractivity contribution in [2.24, 2.45) is 0 Å². The van der Waals surface area contributed by atoms with Crippen LogP contribution in [0.1, 0.15) is 45.6 Å². The molecule has 8 heteroatoms. The molecule has 0 aromatic carbocycles. The maximum Gasteiger partial charge on any atom is 0.259 e. The van der Waals surface area contributed by atoms with Gasteiger partial charge in [0.25, 0.3) is 11.6 Å². The number of aromatic nitrogens is 2. The molecular formula is C21H27ClN4O2S. The van der Waals surface area contributed by atoms with Crippen LogP contribution in [0.2, 0.25) is 0 Å². The average Bonchev–Trinajstić information content (AvgIpc) is 3.40. The molecule has 156 valence electrons. The summed E-state index contributed by atoms with van der Waals surface area (Å²) in [6, 6.07) is 4.27. The quantitative estimate of drug-likeness (QED) is 0.639. The van der Waals surface area contributed by atoms with E-state index >= 15 is 0 Å². The van der Waals surface area contributed by atoms with Crippen LogP contribution in [-0.4, -0.2) is 46.6 Å². The van der Waals surface area contributed by atoms with E-state index in [4.69, 9.17) is 4.52 Å². The van der Waals surface area contributed by atoms with E-state index in [9.17, 15) is 4.79 Å². The Balaban J connectivity index is 0.00000240. The molecule has 0 spiro atoms. The molecule has 3 aromatic heterocycles. The largest absolute Gasteiger partial charge is 0.335 e. The number of nitrogens with zero attached hydrogens (tertiary/aromatic N) is 3. The molecule has 1 aliphatic heterocycles. The molecule has 1 N–H and O–H groups in total. The van der Waals surface area contributed by atoms with E-state index in [1.807, 2.05) is 17.9 Å². The standard InChI is InChI=1S/C21H26N4O2S.ClH/c1-5-8-25(15-6-7-22-11-15)21(26)17-10-18(16-9-12(2)28-14(16)4)23-20-19(17)13(3)24-27-20;/h9-10,15,22H,5-8,11H2,1-4H3;1H. The summed E-state index contributed by atoms with van der Waals surface area (Å²) < 4.78 is 5.47. The minimum Gasteiger partial charge on any atom is -0.335 e. The third-order valence-corrected chi connectivity index (χ3v) is 6.33. The lowest BCUT2D eigenvalue weighted by Gasteiger charge is -2.28. The number of fused-ring (bicyclic) bond motifs is 1. The van der Waals surface area contributed by atoms with Gasteiger partial charge in [0, 0.05) is 34.4 Å². The number of hydrogen-bond donors (Lipinski definition) is 1. The van der Waals surface area contributed by atoms with Crippen LogP contribution in [-0.2, 0) is 0 Å². The Hall–Kier alpha value is -1.96. The van der Waals surface area contributed by atoms with E-state index in [1.54, 1.807) is 11.3 Å². The zero-order valence-electron chi connectivity index (χ0n) is 17.2. The van der Waals surface area contributed by atoms with Crippen LogP contribution in [0.25, 0.3) is 22.4 Å². The summed E-state index contributed by atoms with van der Waals surface area (Å²) in [7, 11) is 0. The molecular weight excluding hydrogens is 408 g/mol. The monoisotopic (exact) mass is 434 g/mol. The second-order valence-corrected chi connectivity index (χ2v) is 8.94. The lowest BCUT2D eigenvalue weighted by Crippen LogP contribution is -2.42. The van der Waals surface area contributed by atoms with E-state index < -0.39 is 0 Å². The molecule has 1 unspecified atom stereocenters. The Labute approximate surface area is 181 Å². The number of carbonyl (C=O) groups is 1. The van der Waals surface area contributed by atoms with E-state index in [0.29, 0.717) is 17.0 Å². The van der Waals surface area contributed by atoms with Gasteiger partial charge in [0.05, 0.1) is 22.3 Å². The topological polar surface area (TPSA) is 71.3 Å². The third kappa shape index (κ3) is 4.04. The van der Waals surface area contributed by atoms with Crippen molar-refractivity contribution < 1.29 is 9.32 Å². The number of halogens is 1. The fourth-order valence-corrected chi connectivity index (χ4v) is 4.97. The summed E-state index contributed by atoms with van der Waals surface area (Å²) >= 11 is 1.73. The molecule has 1 aliphatic rings. The fourth-order valence-electron chi connectivity index (χ4n) is 4.04. The van der Waals surface area contributed by atoms with Crippen molar-refractivity contribution in [2.75, 3.05) is 19.6 Å². The van der Waals surface area contributed by atoms with Gasteiger partial charge in [-0.3, -0.25) is 4.79 Å². The van der Waals surface area contributed by atoms with Gasteiger partial charge in [0.1, 0.15) is 0 Å². The molecule has 1 fully saturated rings. The van der Waals surface area contributed by atoms with Gasteiger partial charge >= 0.3 is 0 Å². The maximum absolute atomic E-state index is 13.7. The molecule has 0 saturated carbocycles. The van der Waals surface area contributed by atoms with E-state index in [2.05, 4.69) is 42.3 Å². The number of thiophene rings is 1. The highest BCUT2D eigenvalue weighted by Gasteiger charge is 2.29. The second kappa shape index (κ2) is 8.81. The van der Waals surface area contributed by atoms with Gasteiger partial charge in [-0.15, -0.1) is 23.7 Å². The normalized spacial score (nSPS) is 16.2. The molecule has 4 rings (SSSR count). The Kier molecular flexibility index (Phi) is 6.61. The van der Waals surface area contributed by atoms with Crippen molar-refractivity contribution in [3.8, 4) is 11.3 Å². The van der Waals surface area contributed by atoms with Gasteiger partial charge in [0.15, 0.2) is 0 Å². The predicted molar refractivity (Wildman–Crippen MR) is 119 cm³/mol. The number of hydrogen-bond acceptors (Lipinski definition) is 6. The first-order valence-electron chi connectivity index (χ1n) is 9.85. The molecule has 0 radical (unpaired) electrons. The van der Waals surface area contributed by atoms with Crippen molar-refractivity contribution in [2.45, 2.75) is 46.6 Å². The van der Waals surface area contributed by atoms with Crippen LogP contribution in [0.5, 0.6) is 0 Å². The van der Waals surface area contributed by atoms with E-state index in [1.165, 1.54) is 9.75 Å². The van der Waals surface area contributed by atoms with Gasteiger partial charge < -0.3 is 14.7 Å². The van der Waals surface area contributed by atoms with Crippen molar-refractivity contribution in [1.29, 1.82) is 0 Å². The van der Waals surface area contributed by atoms with Crippen LogP contribution in [0.15, 0.2) is 16.7 Å². The highest BCUT2D eigenvalue weighted by molar-refractivity contribution is 7.12. The lowest BCUT2D eigenvalue weighted by atomic mass is 10.0. The molecule has 29 heavy (non-hydrogen) atoms. The summed E-state index contributed by atoms with van der Waals surface area (Å²) in [5.74, 6) is 0.0418. The van der Waals surface area contributed by atoms with Gasteiger partial charge in [-0.25, -0.2) is 4.98 Å². The predicted octanol–water partition coefficient (Wildman–Crippen LogP) is 4.51. The summed E-state index contributed by atoms with van der Waals surface area (Å²) in [5.41, 5.74) is 3.61. The molecule has 4 heterocycles. The van der Waals surface area contributed by atoms with Crippen LogP contribution < -0.4 is 5.32 Å². The fraction of sp³-hybridized carbons (Fsp3) is 0.476. The first-order chi connectivity index (χ1) is 13.5. The molecule has 1 saturated heterocycles. The SMILES string of the molecule is CCCN(C(=O)c1cc(-c2cc(C)sc2C)nc2onc(C)c12)C1CCNC1.Cl. The summed E-state index contributed by atoms with van der Waals surface area (Å²) in [6.45, 7) is 10.7. The number of aryl methyl sites for hydroxylation is 3. The van der Waals surface area contributed by atoms with Crippen LogP contribution in [0.3, 0.4) is 0 Å². The molecule has 1 amide bonds. The molecule has 1 atom stereocenters. The van der Waals surface area contributed by atoms with E-state index in [0.717, 1.165) is 49.1 Å². The molecule has 6 nitrogen and oxygen atoms in total. The number of amides is 1. The highest BCUT2D eigenvalue weighted by atomic mass is 35.5. The minimum absolute atomic E-state index is 0. The number of nitrogens with one attached hydrogen (secondary N) is 1. The van der Waals surface area contributed by atoms with Crippen LogP contribution in [0, 0.1) is 20.8 Å². The Morgan fingerprint density at radius 3 is 2.76 bits per heavy atom. The highest BCUT2D eigenvalue weighted by Crippen LogP contribution is 2.33. The summed E-state index contributed by atoms with van der Waals surface area (Å²) in [4.78, 5) is 22.8. The van der Waals surface area contributed by atoms with Crippen molar-refractivity contribution in [3.63, 3.8) is 0 Å². The van der Waals surface area contributed by atoms with Gasteiger partial charge in [-0.2, -0.15) is 0 Å². The zero-order chi connectivity index (χ0) is 19.8. The second-order valence-electron chi connectivity index (χ2n) is 7.48. The zero-order valence-corrected chi connectivity index (χ0v) is 18.9. The van der Waals surface area contributed by atoms with Crippen LogP contribution >= 0.6 is 23.7 Å². The third-order valence-electron chi connectivity index (χ3n) is 5.36. The van der Waals surface area contributed by atoms with Crippen molar-refractivity contribution in [1.82, 2.24) is 20.4 Å². The molecule has 0 aliphatic carbocycles. The number of rotatable bonds is 5. The summed E-state index contributed by atoms with van der Waals surface area (Å²) in [6.07, 6.45) is 1.91.